The summed E-state index contributed by atoms with van der Waals surface area (Å²) < 4.78 is 3.34. The Labute approximate surface area is 142 Å². The van der Waals surface area contributed by atoms with Gasteiger partial charge in [-0.3, -0.25) is 9.59 Å². The molecule has 1 unspecified atom stereocenters. The topological polar surface area (TPSA) is 55.4 Å². The minimum Gasteiger partial charge on any atom is -0.426 e. The number of thioether (sulfide) groups is 1. The van der Waals surface area contributed by atoms with Crippen LogP contribution in [0.4, 0.5) is 0 Å². The normalized spacial score (nSPS) is 12.6. The number of hydrogen-bond acceptors (Lipinski definition) is 4. The number of carbonyl (C=O) groups excluding carboxylic acids is 2. The number of carbonyl (C=O) groups is 2. The van der Waals surface area contributed by atoms with E-state index in [2.05, 4.69) is 5.32 Å². The van der Waals surface area contributed by atoms with E-state index in [1.807, 2.05) is 6.92 Å². The SMILES string of the molecule is CCSC(NC(=O)c1ccccc1OC(C)=O)C(Cl)(Cl)Cl. The van der Waals surface area contributed by atoms with Crippen molar-refractivity contribution in [2.75, 3.05) is 5.75 Å². The molecule has 0 fully saturated rings. The molecule has 1 aromatic rings. The van der Waals surface area contributed by atoms with E-state index < -0.39 is 21.0 Å². The molecule has 1 N–H and O–H groups in total. The fourth-order valence-corrected chi connectivity index (χ4v) is 2.92. The highest BCUT2D eigenvalue weighted by Crippen LogP contribution is 2.36. The smallest absolute Gasteiger partial charge is 0.308 e. The van der Waals surface area contributed by atoms with E-state index in [1.54, 1.807) is 12.1 Å². The van der Waals surface area contributed by atoms with Crippen LogP contribution >= 0.6 is 46.6 Å². The summed E-state index contributed by atoms with van der Waals surface area (Å²) in [5.41, 5.74) is 0.198. The van der Waals surface area contributed by atoms with Crippen LogP contribution in [0.25, 0.3) is 0 Å². The third kappa shape index (κ3) is 5.94. The van der Waals surface area contributed by atoms with Crippen molar-refractivity contribution in [1.29, 1.82) is 0 Å². The number of rotatable bonds is 5. The number of nitrogens with one attached hydrogen (secondary N) is 1. The second kappa shape index (κ2) is 8.13. The van der Waals surface area contributed by atoms with Gasteiger partial charge in [0, 0.05) is 6.92 Å². The minimum absolute atomic E-state index is 0.159. The molecule has 0 aliphatic carbocycles. The minimum atomic E-state index is -1.65. The van der Waals surface area contributed by atoms with E-state index >= 15 is 0 Å². The number of benzene rings is 1. The molecule has 116 valence electrons. The first-order valence-corrected chi connectivity index (χ1v) is 8.20. The molecule has 0 heterocycles. The van der Waals surface area contributed by atoms with E-state index in [1.165, 1.54) is 30.8 Å². The zero-order valence-electron chi connectivity index (χ0n) is 11.4. The second-order valence-electron chi connectivity index (χ2n) is 3.94. The van der Waals surface area contributed by atoms with Gasteiger partial charge < -0.3 is 10.1 Å². The summed E-state index contributed by atoms with van der Waals surface area (Å²) in [6.45, 7) is 3.14. The zero-order valence-corrected chi connectivity index (χ0v) is 14.4. The predicted octanol–water partition coefficient (Wildman–Crippen LogP) is 3.79. The van der Waals surface area contributed by atoms with E-state index in [4.69, 9.17) is 39.5 Å². The average molecular weight is 371 g/mol. The molecule has 21 heavy (non-hydrogen) atoms. The summed E-state index contributed by atoms with van der Waals surface area (Å²) >= 11 is 18.8. The van der Waals surface area contributed by atoms with Gasteiger partial charge in [-0.15, -0.1) is 11.8 Å². The Bertz CT molecular complexity index is 520. The molecular formula is C13H14Cl3NO3S. The molecule has 1 aromatic carbocycles. The molecule has 0 aliphatic rings. The van der Waals surface area contributed by atoms with Gasteiger partial charge in [0.05, 0.1) is 5.56 Å². The van der Waals surface area contributed by atoms with Crippen LogP contribution in [0.2, 0.25) is 0 Å². The number of halogens is 3. The summed E-state index contributed by atoms with van der Waals surface area (Å²) in [6.07, 6.45) is 0. The number of para-hydroxylation sites is 1. The fraction of sp³-hybridized carbons (Fsp3) is 0.385. The van der Waals surface area contributed by atoms with Gasteiger partial charge in [-0.2, -0.15) is 0 Å². The lowest BCUT2D eigenvalue weighted by atomic mass is 10.2. The fourth-order valence-electron chi connectivity index (χ4n) is 1.48. The Morgan fingerprint density at radius 3 is 2.48 bits per heavy atom. The molecule has 1 rings (SSSR count). The molecule has 0 aromatic heterocycles. The maximum absolute atomic E-state index is 12.3. The van der Waals surface area contributed by atoms with Crippen LogP contribution in [0.5, 0.6) is 5.75 Å². The van der Waals surface area contributed by atoms with Gasteiger partial charge >= 0.3 is 5.97 Å². The van der Waals surface area contributed by atoms with Crippen LogP contribution in [0, 0.1) is 0 Å². The third-order valence-electron chi connectivity index (χ3n) is 2.28. The molecule has 0 aliphatic heterocycles. The van der Waals surface area contributed by atoms with E-state index in [9.17, 15) is 9.59 Å². The Hall–Kier alpha value is -0.620. The number of alkyl halides is 3. The third-order valence-corrected chi connectivity index (χ3v) is 4.46. The highest BCUT2D eigenvalue weighted by molar-refractivity contribution is 8.00. The van der Waals surface area contributed by atoms with Crippen molar-refractivity contribution in [3.63, 3.8) is 0 Å². The van der Waals surface area contributed by atoms with E-state index in [0.29, 0.717) is 5.75 Å². The summed E-state index contributed by atoms with van der Waals surface area (Å²) in [5.74, 6) is -0.183. The maximum Gasteiger partial charge on any atom is 0.308 e. The molecule has 0 bridgehead atoms. The molecule has 4 nitrogen and oxygen atoms in total. The van der Waals surface area contributed by atoms with Gasteiger partial charge in [0.1, 0.15) is 11.1 Å². The summed E-state index contributed by atoms with van der Waals surface area (Å²) in [4.78, 5) is 23.3. The highest BCUT2D eigenvalue weighted by atomic mass is 35.6. The first-order valence-electron chi connectivity index (χ1n) is 6.02. The highest BCUT2D eigenvalue weighted by Gasteiger charge is 2.34. The molecule has 0 saturated carbocycles. The van der Waals surface area contributed by atoms with E-state index in [-0.39, 0.29) is 11.3 Å². The van der Waals surface area contributed by atoms with Crippen LogP contribution < -0.4 is 10.1 Å². The molecule has 0 spiro atoms. The van der Waals surface area contributed by atoms with Gasteiger partial charge in [0.2, 0.25) is 3.79 Å². The Morgan fingerprint density at radius 2 is 1.95 bits per heavy atom. The lowest BCUT2D eigenvalue weighted by molar-refractivity contribution is -0.131. The number of hydrogen-bond donors (Lipinski definition) is 1. The predicted molar refractivity (Wildman–Crippen MR) is 87.4 cm³/mol. The summed E-state index contributed by atoms with van der Waals surface area (Å²) in [5, 5.41) is 1.91. The van der Waals surface area contributed by atoms with Gasteiger partial charge in [0.25, 0.3) is 5.91 Å². The maximum atomic E-state index is 12.3. The van der Waals surface area contributed by atoms with Crippen molar-refractivity contribution >= 4 is 58.4 Å². The van der Waals surface area contributed by atoms with Crippen molar-refractivity contribution in [2.45, 2.75) is 23.0 Å². The first kappa shape index (κ1) is 18.4. The summed E-state index contributed by atoms with van der Waals surface area (Å²) in [6, 6.07) is 6.36. The Balaban J connectivity index is 2.95. The monoisotopic (exact) mass is 369 g/mol. The van der Waals surface area contributed by atoms with Crippen molar-refractivity contribution in [3.8, 4) is 5.75 Å². The number of amides is 1. The quantitative estimate of drug-likeness (QED) is 0.371. The number of ether oxygens (including phenoxy) is 1. The summed E-state index contributed by atoms with van der Waals surface area (Å²) in [7, 11) is 0. The second-order valence-corrected chi connectivity index (χ2v) is 7.69. The Morgan fingerprint density at radius 1 is 1.33 bits per heavy atom. The van der Waals surface area contributed by atoms with Crippen molar-refractivity contribution in [3.05, 3.63) is 29.8 Å². The molecular weight excluding hydrogens is 357 g/mol. The first-order chi connectivity index (χ1) is 9.75. The van der Waals surface area contributed by atoms with Crippen LogP contribution in [-0.2, 0) is 4.79 Å². The standard InChI is InChI=1S/C13H14Cl3NO3S/c1-3-21-12(13(14,15)16)17-11(19)9-6-4-5-7-10(9)20-8(2)18/h4-7,12H,3H2,1-2H3,(H,17,19). The average Bonchev–Trinajstić information content (AvgIpc) is 2.37. The van der Waals surface area contributed by atoms with Gasteiger partial charge in [-0.1, -0.05) is 53.9 Å². The number of esters is 1. The molecule has 0 saturated heterocycles. The largest absolute Gasteiger partial charge is 0.426 e. The molecule has 1 amide bonds. The van der Waals surface area contributed by atoms with Gasteiger partial charge in [-0.25, -0.2) is 0 Å². The van der Waals surface area contributed by atoms with Gasteiger partial charge in [0.15, 0.2) is 0 Å². The van der Waals surface area contributed by atoms with Crippen LogP contribution in [0.3, 0.4) is 0 Å². The van der Waals surface area contributed by atoms with Gasteiger partial charge in [-0.05, 0) is 17.9 Å². The molecule has 8 heteroatoms. The van der Waals surface area contributed by atoms with Crippen molar-refractivity contribution in [1.82, 2.24) is 5.32 Å². The van der Waals surface area contributed by atoms with E-state index in [0.717, 1.165) is 0 Å². The molecule has 1 atom stereocenters. The lowest BCUT2D eigenvalue weighted by Gasteiger charge is -2.24. The molecule has 0 radical (unpaired) electrons. The van der Waals surface area contributed by atoms with Crippen LogP contribution in [0.15, 0.2) is 24.3 Å². The van der Waals surface area contributed by atoms with Crippen LogP contribution in [0.1, 0.15) is 24.2 Å². The zero-order chi connectivity index (χ0) is 16.0. The van der Waals surface area contributed by atoms with Crippen molar-refractivity contribution in [2.24, 2.45) is 0 Å². The van der Waals surface area contributed by atoms with Crippen molar-refractivity contribution < 1.29 is 14.3 Å². The lowest BCUT2D eigenvalue weighted by Crippen LogP contribution is -2.41. The van der Waals surface area contributed by atoms with Crippen LogP contribution in [-0.4, -0.2) is 26.8 Å². The Kier molecular flexibility index (Phi) is 7.13.